The van der Waals surface area contributed by atoms with Crippen LogP contribution in [0.25, 0.3) is 10.8 Å². The fourth-order valence-electron chi connectivity index (χ4n) is 2.09. The second-order valence-electron chi connectivity index (χ2n) is 4.72. The summed E-state index contributed by atoms with van der Waals surface area (Å²) in [6.45, 7) is 4.45. The summed E-state index contributed by atoms with van der Waals surface area (Å²) in [7, 11) is 0. The van der Waals surface area contributed by atoms with Crippen LogP contribution >= 0.6 is 22.6 Å². The number of rotatable bonds is 3. The molecule has 0 bridgehead atoms. The van der Waals surface area contributed by atoms with Crippen molar-refractivity contribution in [2.75, 3.05) is 0 Å². The van der Waals surface area contributed by atoms with Crippen LogP contribution in [-0.4, -0.2) is 3.79 Å². The van der Waals surface area contributed by atoms with Crippen molar-refractivity contribution < 1.29 is 4.79 Å². The van der Waals surface area contributed by atoms with Crippen LogP contribution in [0.3, 0.4) is 0 Å². The molecule has 0 unspecified atom stereocenters. The zero-order valence-corrected chi connectivity index (χ0v) is 12.2. The molecule has 17 heavy (non-hydrogen) atoms. The molecular weight excluding hydrogens is 323 g/mol. The molecule has 0 saturated heterocycles. The Kier molecular flexibility index (Phi) is 3.82. The van der Waals surface area contributed by atoms with E-state index in [9.17, 15) is 4.79 Å². The summed E-state index contributed by atoms with van der Waals surface area (Å²) in [5.41, 5.74) is 2.14. The van der Waals surface area contributed by atoms with Crippen molar-refractivity contribution in [1.29, 1.82) is 0 Å². The number of carbonyl (C=O) groups is 1. The van der Waals surface area contributed by atoms with Crippen LogP contribution in [0.15, 0.2) is 36.4 Å². The van der Waals surface area contributed by atoms with Gasteiger partial charge in [0.05, 0.1) is 0 Å². The fourth-order valence-corrected chi connectivity index (χ4v) is 2.43. The summed E-state index contributed by atoms with van der Waals surface area (Å²) in [4.78, 5) is 11.3. The maximum absolute atomic E-state index is 11.3. The highest BCUT2D eigenvalue weighted by atomic mass is 127. The second-order valence-corrected chi connectivity index (χ2v) is 5.70. The van der Waals surface area contributed by atoms with Gasteiger partial charge in [-0.2, -0.15) is 0 Å². The first-order valence-corrected chi connectivity index (χ1v) is 6.87. The highest BCUT2D eigenvalue weighted by Gasteiger charge is 2.06. The van der Waals surface area contributed by atoms with Crippen molar-refractivity contribution in [2.24, 2.45) is 5.92 Å². The van der Waals surface area contributed by atoms with Gasteiger partial charge in [-0.3, -0.25) is 4.79 Å². The molecule has 0 amide bonds. The third-order valence-corrected chi connectivity index (χ3v) is 3.45. The van der Waals surface area contributed by atoms with E-state index in [1.54, 1.807) is 0 Å². The number of hydrogen-bond acceptors (Lipinski definition) is 1. The van der Waals surface area contributed by atoms with Gasteiger partial charge < -0.3 is 0 Å². The van der Waals surface area contributed by atoms with Gasteiger partial charge in [0.25, 0.3) is 0 Å². The van der Waals surface area contributed by atoms with E-state index in [1.807, 2.05) is 34.7 Å². The topological polar surface area (TPSA) is 17.1 Å². The Morgan fingerprint density at radius 3 is 2.65 bits per heavy atom. The predicted molar refractivity (Wildman–Crippen MR) is 80.8 cm³/mol. The highest BCUT2D eigenvalue weighted by molar-refractivity contribution is 14.1. The minimum atomic E-state index is 0.0961. The SMILES string of the molecule is CC(C)Cc1cccc2cc(C(=O)I)ccc12. The normalized spacial score (nSPS) is 11.1. The lowest BCUT2D eigenvalue weighted by Gasteiger charge is -2.09. The Hall–Kier alpha value is -0.900. The second kappa shape index (κ2) is 5.17. The first-order valence-electron chi connectivity index (χ1n) is 5.79. The number of halogens is 1. The van der Waals surface area contributed by atoms with Crippen LogP contribution in [-0.2, 0) is 6.42 Å². The number of carbonyl (C=O) groups excluding carboxylic acids is 1. The van der Waals surface area contributed by atoms with Crippen LogP contribution in [0.5, 0.6) is 0 Å². The van der Waals surface area contributed by atoms with Crippen molar-refractivity contribution in [3.8, 4) is 0 Å². The third-order valence-electron chi connectivity index (χ3n) is 2.83. The fraction of sp³-hybridized carbons (Fsp3) is 0.267. The molecule has 0 spiro atoms. The average molecular weight is 338 g/mol. The Labute approximate surface area is 115 Å². The van der Waals surface area contributed by atoms with Gasteiger partial charge in [0.15, 0.2) is 0 Å². The smallest absolute Gasteiger partial charge is 0.222 e. The first kappa shape index (κ1) is 12.6. The molecule has 2 aromatic rings. The summed E-state index contributed by atoms with van der Waals surface area (Å²) >= 11 is 1.83. The Morgan fingerprint density at radius 1 is 1.24 bits per heavy atom. The van der Waals surface area contributed by atoms with Crippen molar-refractivity contribution in [2.45, 2.75) is 20.3 Å². The van der Waals surface area contributed by atoms with Gasteiger partial charge in [0.2, 0.25) is 3.79 Å². The van der Waals surface area contributed by atoms with E-state index in [2.05, 4.69) is 38.1 Å². The number of benzene rings is 2. The Bertz CT molecular complexity index is 558. The molecule has 0 aromatic heterocycles. The molecule has 2 aromatic carbocycles. The molecule has 0 heterocycles. The zero-order valence-electron chi connectivity index (χ0n) is 10.0. The van der Waals surface area contributed by atoms with Gasteiger partial charge in [0.1, 0.15) is 0 Å². The quantitative estimate of drug-likeness (QED) is 0.590. The molecule has 88 valence electrons. The monoisotopic (exact) mass is 338 g/mol. The lowest BCUT2D eigenvalue weighted by Crippen LogP contribution is -1.95. The van der Waals surface area contributed by atoms with Crippen LogP contribution in [0, 0.1) is 5.92 Å². The van der Waals surface area contributed by atoms with E-state index < -0.39 is 0 Å². The Balaban J connectivity index is 2.54. The van der Waals surface area contributed by atoms with E-state index >= 15 is 0 Å². The minimum Gasteiger partial charge on any atom is -0.282 e. The lowest BCUT2D eigenvalue weighted by molar-refractivity contribution is 0.110. The van der Waals surface area contributed by atoms with Crippen molar-refractivity contribution >= 4 is 37.2 Å². The predicted octanol–water partition coefficient (Wildman–Crippen LogP) is 4.61. The van der Waals surface area contributed by atoms with E-state index in [4.69, 9.17) is 0 Å². The van der Waals surface area contributed by atoms with Gasteiger partial charge in [-0.05, 0) is 40.8 Å². The molecule has 0 aliphatic carbocycles. The molecule has 0 N–H and O–H groups in total. The highest BCUT2D eigenvalue weighted by Crippen LogP contribution is 2.23. The maximum atomic E-state index is 11.3. The van der Waals surface area contributed by atoms with Crippen molar-refractivity contribution in [3.63, 3.8) is 0 Å². The molecule has 0 aliphatic heterocycles. The minimum absolute atomic E-state index is 0.0961. The molecule has 0 fully saturated rings. The molecule has 0 atom stereocenters. The summed E-state index contributed by atoms with van der Waals surface area (Å²) in [5, 5.41) is 2.42. The van der Waals surface area contributed by atoms with E-state index in [0.717, 1.165) is 17.4 Å². The number of hydrogen-bond donors (Lipinski definition) is 0. The molecular formula is C15H15IO. The first-order chi connectivity index (χ1) is 8.08. The van der Waals surface area contributed by atoms with E-state index in [1.165, 1.54) is 10.9 Å². The van der Waals surface area contributed by atoms with Crippen molar-refractivity contribution in [3.05, 3.63) is 47.5 Å². The summed E-state index contributed by atoms with van der Waals surface area (Å²) in [6.07, 6.45) is 1.08. The van der Waals surface area contributed by atoms with E-state index in [0.29, 0.717) is 5.92 Å². The van der Waals surface area contributed by atoms with Crippen LogP contribution in [0.1, 0.15) is 29.8 Å². The standard InChI is InChI=1S/C15H15IO/c1-10(2)8-11-4-3-5-12-9-13(15(16)17)6-7-14(11)12/h3-7,9-10H,8H2,1-2H3. The molecule has 0 saturated carbocycles. The molecule has 2 heteroatoms. The third kappa shape index (κ3) is 2.86. The lowest BCUT2D eigenvalue weighted by atomic mass is 9.96. The summed E-state index contributed by atoms with van der Waals surface area (Å²) in [6, 6.07) is 12.3. The van der Waals surface area contributed by atoms with E-state index in [-0.39, 0.29) is 3.79 Å². The maximum Gasteiger partial charge on any atom is 0.222 e. The zero-order chi connectivity index (χ0) is 12.4. The van der Waals surface area contributed by atoms with Gasteiger partial charge in [0, 0.05) is 28.2 Å². The van der Waals surface area contributed by atoms with Gasteiger partial charge in [-0.25, -0.2) is 0 Å². The molecule has 0 radical (unpaired) electrons. The largest absolute Gasteiger partial charge is 0.282 e. The number of fused-ring (bicyclic) bond motifs is 1. The van der Waals surface area contributed by atoms with Gasteiger partial charge >= 0.3 is 0 Å². The summed E-state index contributed by atoms with van der Waals surface area (Å²) in [5.74, 6) is 0.645. The molecule has 2 rings (SSSR count). The average Bonchev–Trinajstić information content (AvgIpc) is 2.28. The van der Waals surface area contributed by atoms with Crippen molar-refractivity contribution in [1.82, 2.24) is 0 Å². The molecule has 1 nitrogen and oxygen atoms in total. The van der Waals surface area contributed by atoms with Crippen LogP contribution in [0.4, 0.5) is 0 Å². The van der Waals surface area contributed by atoms with Gasteiger partial charge in [-0.15, -0.1) is 0 Å². The Morgan fingerprint density at radius 2 is 2.00 bits per heavy atom. The van der Waals surface area contributed by atoms with Crippen LogP contribution < -0.4 is 0 Å². The summed E-state index contributed by atoms with van der Waals surface area (Å²) < 4.78 is 0.0961. The van der Waals surface area contributed by atoms with Gasteiger partial charge in [-0.1, -0.05) is 38.1 Å². The molecule has 0 aliphatic rings. The van der Waals surface area contributed by atoms with Crippen LogP contribution in [0.2, 0.25) is 0 Å².